The third-order valence-corrected chi connectivity index (χ3v) is 5.67. The van der Waals surface area contributed by atoms with Gasteiger partial charge in [-0.15, -0.1) is 0 Å². The van der Waals surface area contributed by atoms with E-state index in [1.165, 1.54) is 17.3 Å². The van der Waals surface area contributed by atoms with Crippen LogP contribution in [0.15, 0.2) is 64.5 Å². The highest BCUT2D eigenvalue weighted by atomic mass is 32.2. The number of hydrogen-bond acceptors (Lipinski definition) is 4. The van der Waals surface area contributed by atoms with Gasteiger partial charge in [0, 0.05) is 12.6 Å². The van der Waals surface area contributed by atoms with Crippen LogP contribution in [0.25, 0.3) is 10.9 Å². The standard InChI is InChI=1S/C22H25N3O2S/c1-3-16(2)25-21(27)18-11-7-8-12-19(18)24-22(25)28-15-20(26)23-14-13-17-9-5-4-6-10-17/h4-12,16H,3,13-15H2,1-2H3,(H,23,26)/t16-/m0/s1. The zero-order valence-corrected chi connectivity index (χ0v) is 17.0. The zero-order valence-electron chi connectivity index (χ0n) is 16.2. The molecular weight excluding hydrogens is 370 g/mol. The van der Waals surface area contributed by atoms with Gasteiger partial charge in [0.05, 0.1) is 16.7 Å². The number of amides is 1. The van der Waals surface area contributed by atoms with Crippen LogP contribution in [-0.2, 0) is 11.2 Å². The highest BCUT2D eigenvalue weighted by Gasteiger charge is 2.16. The summed E-state index contributed by atoms with van der Waals surface area (Å²) in [4.78, 5) is 29.8. The second kappa shape index (κ2) is 9.55. The van der Waals surface area contributed by atoms with Crippen LogP contribution >= 0.6 is 11.8 Å². The summed E-state index contributed by atoms with van der Waals surface area (Å²) in [5.41, 5.74) is 1.81. The minimum Gasteiger partial charge on any atom is -0.355 e. The molecule has 5 nitrogen and oxygen atoms in total. The minimum atomic E-state index is -0.0564. The highest BCUT2D eigenvalue weighted by Crippen LogP contribution is 2.22. The Morgan fingerprint density at radius 2 is 1.86 bits per heavy atom. The van der Waals surface area contributed by atoms with Crippen molar-refractivity contribution in [2.45, 2.75) is 37.9 Å². The number of carbonyl (C=O) groups excluding carboxylic acids is 1. The Balaban J connectivity index is 1.69. The van der Waals surface area contributed by atoms with E-state index < -0.39 is 0 Å². The SMILES string of the molecule is CC[C@H](C)n1c(SCC(=O)NCCc2ccccc2)nc2ccccc2c1=O. The van der Waals surface area contributed by atoms with E-state index in [2.05, 4.69) is 10.3 Å². The number of hydrogen-bond donors (Lipinski definition) is 1. The normalized spacial score (nSPS) is 12.1. The Labute approximate surface area is 169 Å². The van der Waals surface area contributed by atoms with Crippen molar-refractivity contribution in [2.24, 2.45) is 0 Å². The lowest BCUT2D eigenvalue weighted by Gasteiger charge is -2.18. The molecule has 0 radical (unpaired) electrons. The summed E-state index contributed by atoms with van der Waals surface area (Å²) in [6, 6.07) is 17.4. The maximum Gasteiger partial charge on any atom is 0.262 e. The fraction of sp³-hybridized carbons (Fsp3) is 0.318. The molecule has 1 amide bonds. The van der Waals surface area contributed by atoms with Crippen molar-refractivity contribution in [3.63, 3.8) is 0 Å². The second-order valence-corrected chi connectivity index (χ2v) is 7.66. The van der Waals surface area contributed by atoms with E-state index in [-0.39, 0.29) is 23.3 Å². The van der Waals surface area contributed by atoms with Crippen molar-refractivity contribution in [3.05, 3.63) is 70.5 Å². The van der Waals surface area contributed by atoms with Gasteiger partial charge in [-0.2, -0.15) is 0 Å². The molecule has 1 N–H and O–H groups in total. The molecule has 0 aliphatic rings. The summed E-state index contributed by atoms with van der Waals surface area (Å²) in [5.74, 6) is 0.176. The fourth-order valence-electron chi connectivity index (χ4n) is 2.97. The number of nitrogens with one attached hydrogen (secondary N) is 1. The Bertz CT molecular complexity index is 1000. The molecule has 1 heterocycles. The third-order valence-electron chi connectivity index (χ3n) is 4.72. The molecule has 0 unspecified atom stereocenters. The number of nitrogens with zero attached hydrogens (tertiary/aromatic N) is 2. The maximum absolute atomic E-state index is 12.9. The van der Waals surface area contributed by atoms with Gasteiger partial charge in [0.25, 0.3) is 5.56 Å². The third kappa shape index (κ3) is 4.81. The molecule has 28 heavy (non-hydrogen) atoms. The first-order chi connectivity index (χ1) is 13.6. The van der Waals surface area contributed by atoms with Crippen LogP contribution in [0, 0.1) is 0 Å². The number of carbonyl (C=O) groups is 1. The highest BCUT2D eigenvalue weighted by molar-refractivity contribution is 7.99. The second-order valence-electron chi connectivity index (χ2n) is 6.72. The first-order valence-electron chi connectivity index (χ1n) is 9.55. The summed E-state index contributed by atoms with van der Waals surface area (Å²) in [6.45, 7) is 4.63. The molecule has 0 saturated carbocycles. The van der Waals surface area contributed by atoms with Crippen LogP contribution in [-0.4, -0.2) is 27.8 Å². The predicted octanol–water partition coefficient (Wildman–Crippen LogP) is 3.82. The minimum absolute atomic E-state index is 0.0215. The van der Waals surface area contributed by atoms with Gasteiger partial charge in [-0.25, -0.2) is 4.98 Å². The van der Waals surface area contributed by atoms with Crippen molar-refractivity contribution >= 4 is 28.6 Å². The molecule has 0 aliphatic carbocycles. The lowest BCUT2D eigenvalue weighted by atomic mass is 10.1. The van der Waals surface area contributed by atoms with Crippen molar-refractivity contribution in [1.82, 2.24) is 14.9 Å². The van der Waals surface area contributed by atoms with Crippen LogP contribution in [0.5, 0.6) is 0 Å². The van der Waals surface area contributed by atoms with Crippen molar-refractivity contribution in [3.8, 4) is 0 Å². The van der Waals surface area contributed by atoms with Crippen LogP contribution in [0.1, 0.15) is 31.9 Å². The van der Waals surface area contributed by atoms with Gasteiger partial charge >= 0.3 is 0 Å². The Hall–Kier alpha value is -2.60. The van der Waals surface area contributed by atoms with E-state index in [0.29, 0.717) is 22.6 Å². The van der Waals surface area contributed by atoms with Crippen molar-refractivity contribution < 1.29 is 4.79 Å². The summed E-state index contributed by atoms with van der Waals surface area (Å²) in [6.07, 6.45) is 1.61. The van der Waals surface area contributed by atoms with Gasteiger partial charge in [-0.05, 0) is 37.5 Å². The van der Waals surface area contributed by atoms with Crippen LogP contribution < -0.4 is 10.9 Å². The number of benzene rings is 2. The number of aromatic nitrogens is 2. The molecular formula is C22H25N3O2S. The van der Waals surface area contributed by atoms with E-state index >= 15 is 0 Å². The number of para-hydroxylation sites is 1. The van der Waals surface area contributed by atoms with Gasteiger partial charge in [0.1, 0.15) is 0 Å². The first-order valence-corrected chi connectivity index (χ1v) is 10.5. The monoisotopic (exact) mass is 395 g/mol. The quantitative estimate of drug-likeness (QED) is 0.465. The average Bonchev–Trinajstić information content (AvgIpc) is 2.72. The summed E-state index contributed by atoms with van der Waals surface area (Å²) in [5, 5.41) is 4.15. The Morgan fingerprint density at radius 1 is 1.14 bits per heavy atom. The molecule has 6 heteroatoms. The Morgan fingerprint density at radius 3 is 2.61 bits per heavy atom. The van der Waals surface area contributed by atoms with E-state index in [1.807, 2.05) is 62.4 Å². The van der Waals surface area contributed by atoms with E-state index in [9.17, 15) is 9.59 Å². The van der Waals surface area contributed by atoms with E-state index in [1.54, 1.807) is 10.6 Å². The lowest BCUT2D eigenvalue weighted by molar-refractivity contribution is -0.118. The summed E-state index contributed by atoms with van der Waals surface area (Å²) in [7, 11) is 0. The van der Waals surface area contributed by atoms with Crippen LogP contribution in [0.4, 0.5) is 0 Å². The Kier molecular flexibility index (Phi) is 6.87. The van der Waals surface area contributed by atoms with Crippen molar-refractivity contribution in [1.29, 1.82) is 0 Å². The molecule has 0 saturated heterocycles. The topological polar surface area (TPSA) is 64.0 Å². The number of fused-ring (bicyclic) bond motifs is 1. The molecule has 2 aromatic carbocycles. The molecule has 3 rings (SSSR count). The smallest absolute Gasteiger partial charge is 0.262 e. The molecule has 1 atom stereocenters. The van der Waals surface area contributed by atoms with Gasteiger partial charge in [-0.1, -0.05) is 61.2 Å². The van der Waals surface area contributed by atoms with Gasteiger partial charge < -0.3 is 5.32 Å². The van der Waals surface area contributed by atoms with Crippen LogP contribution in [0.3, 0.4) is 0 Å². The molecule has 0 bridgehead atoms. The first kappa shape index (κ1) is 20.1. The van der Waals surface area contributed by atoms with Crippen molar-refractivity contribution in [2.75, 3.05) is 12.3 Å². The predicted molar refractivity (Wildman–Crippen MR) is 115 cm³/mol. The van der Waals surface area contributed by atoms with Gasteiger partial charge in [0.15, 0.2) is 5.16 Å². The van der Waals surface area contributed by atoms with Gasteiger partial charge in [-0.3, -0.25) is 14.2 Å². The van der Waals surface area contributed by atoms with Crippen LogP contribution in [0.2, 0.25) is 0 Å². The number of rotatable bonds is 8. The largest absolute Gasteiger partial charge is 0.355 e. The zero-order chi connectivity index (χ0) is 19.9. The molecule has 146 valence electrons. The lowest BCUT2D eigenvalue weighted by Crippen LogP contribution is -2.29. The molecule has 0 fully saturated rings. The average molecular weight is 396 g/mol. The maximum atomic E-state index is 12.9. The van der Waals surface area contributed by atoms with E-state index in [4.69, 9.17) is 0 Å². The molecule has 0 aliphatic heterocycles. The molecule has 0 spiro atoms. The summed E-state index contributed by atoms with van der Waals surface area (Å²) < 4.78 is 1.71. The number of thioether (sulfide) groups is 1. The van der Waals surface area contributed by atoms with E-state index in [0.717, 1.165) is 12.8 Å². The fourth-order valence-corrected chi connectivity index (χ4v) is 3.90. The molecule has 3 aromatic rings. The van der Waals surface area contributed by atoms with Gasteiger partial charge in [0.2, 0.25) is 5.91 Å². The molecule has 1 aromatic heterocycles. The summed E-state index contributed by atoms with van der Waals surface area (Å²) >= 11 is 1.31.